The van der Waals surface area contributed by atoms with Gasteiger partial charge in [-0.25, -0.2) is 4.98 Å². The average molecular weight is 339 g/mol. The summed E-state index contributed by atoms with van der Waals surface area (Å²) in [5.41, 5.74) is 7.84. The molecular weight excluding hydrogens is 318 g/mol. The van der Waals surface area contributed by atoms with Crippen molar-refractivity contribution in [3.8, 4) is 11.1 Å². The number of nitrogens with one attached hydrogen (secondary N) is 1. The first-order chi connectivity index (χ1) is 12.9. The Morgan fingerprint density at radius 3 is 2.77 bits per heavy atom. The summed E-state index contributed by atoms with van der Waals surface area (Å²) in [4.78, 5) is 10.2. The third kappa shape index (κ3) is 2.80. The summed E-state index contributed by atoms with van der Waals surface area (Å²) >= 11 is 0. The molecule has 5 rings (SSSR count). The molecule has 0 radical (unpaired) electrons. The molecule has 0 aliphatic carbocycles. The van der Waals surface area contributed by atoms with Crippen molar-refractivity contribution in [1.82, 2.24) is 14.9 Å². The lowest BCUT2D eigenvalue weighted by Gasteiger charge is -2.29. The van der Waals surface area contributed by atoms with Crippen LogP contribution in [0.3, 0.4) is 0 Å². The van der Waals surface area contributed by atoms with Crippen LogP contribution in [0.5, 0.6) is 0 Å². The lowest BCUT2D eigenvalue weighted by Crippen LogP contribution is -2.30. The molecule has 0 fully saturated rings. The predicted molar refractivity (Wildman–Crippen MR) is 106 cm³/mol. The summed E-state index contributed by atoms with van der Waals surface area (Å²) < 4.78 is 0. The molecule has 1 aliphatic heterocycles. The van der Waals surface area contributed by atoms with E-state index in [4.69, 9.17) is 0 Å². The first-order valence-electron chi connectivity index (χ1n) is 9.17. The third-order valence-corrected chi connectivity index (χ3v) is 5.34. The largest absolute Gasteiger partial charge is 0.346 e. The fourth-order valence-electron chi connectivity index (χ4n) is 3.95. The van der Waals surface area contributed by atoms with Gasteiger partial charge in [0, 0.05) is 37.4 Å². The monoisotopic (exact) mass is 339 g/mol. The molecule has 0 amide bonds. The van der Waals surface area contributed by atoms with Gasteiger partial charge in [0.2, 0.25) is 0 Å². The summed E-state index contributed by atoms with van der Waals surface area (Å²) in [6.45, 7) is 3.06. The zero-order chi connectivity index (χ0) is 17.3. The maximum Gasteiger partial charge on any atom is 0.137 e. The molecule has 1 N–H and O–H groups in total. The van der Waals surface area contributed by atoms with E-state index in [-0.39, 0.29) is 0 Å². The fourth-order valence-corrected chi connectivity index (χ4v) is 3.95. The third-order valence-electron chi connectivity index (χ3n) is 5.34. The molecule has 0 spiro atoms. The van der Waals surface area contributed by atoms with E-state index in [1.54, 1.807) is 0 Å². The fraction of sp³-hybridized carbons (Fsp3) is 0.174. The highest BCUT2D eigenvalue weighted by atomic mass is 15.1. The van der Waals surface area contributed by atoms with Crippen molar-refractivity contribution in [2.45, 2.75) is 19.5 Å². The van der Waals surface area contributed by atoms with Gasteiger partial charge in [-0.3, -0.25) is 4.90 Å². The van der Waals surface area contributed by atoms with Crippen molar-refractivity contribution in [2.24, 2.45) is 0 Å². The molecule has 0 saturated carbocycles. The Morgan fingerprint density at radius 1 is 0.923 bits per heavy atom. The Morgan fingerprint density at radius 2 is 1.85 bits per heavy atom. The van der Waals surface area contributed by atoms with E-state index >= 15 is 0 Å². The van der Waals surface area contributed by atoms with Crippen LogP contribution in [0.2, 0.25) is 0 Å². The number of pyridine rings is 1. The number of rotatable bonds is 3. The Labute approximate surface area is 153 Å². The Bertz CT molecular complexity index is 1050. The first kappa shape index (κ1) is 15.4. The van der Waals surface area contributed by atoms with Crippen molar-refractivity contribution in [1.29, 1.82) is 0 Å². The number of fused-ring (bicyclic) bond motifs is 2. The molecule has 2 aromatic heterocycles. The van der Waals surface area contributed by atoms with Crippen LogP contribution in [-0.2, 0) is 19.5 Å². The Kier molecular flexibility index (Phi) is 3.80. The molecule has 1 aliphatic rings. The zero-order valence-electron chi connectivity index (χ0n) is 14.7. The number of benzene rings is 2. The highest BCUT2D eigenvalue weighted by molar-refractivity contribution is 5.79. The first-order valence-corrected chi connectivity index (χ1v) is 9.17. The van der Waals surface area contributed by atoms with E-state index in [1.807, 2.05) is 12.3 Å². The van der Waals surface area contributed by atoms with Gasteiger partial charge in [0.15, 0.2) is 0 Å². The summed E-state index contributed by atoms with van der Waals surface area (Å²) in [5.74, 6) is 0. The molecule has 4 aromatic rings. The van der Waals surface area contributed by atoms with Crippen molar-refractivity contribution in [3.63, 3.8) is 0 Å². The summed E-state index contributed by atoms with van der Waals surface area (Å²) in [5, 5.41) is 1.23. The molecule has 3 nitrogen and oxygen atoms in total. The van der Waals surface area contributed by atoms with Crippen molar-refractivity contribution >= 4 is 11.0 Å². The average Bonchev–Trinajstić information content (AvgIpc) is 3.11. The second kappa shape index (κ2) is 6.43. The molecule has 0 atom stereocenters. The van der Waals surface area contributed by atoms with Crippen LogP contribution >= 0.6 is 0 Å². The number of H-pyrrole nitrogens is 1. The number of hydrogen-bond acceptors (Lipinski definition) is 2. The Hall–Kier alpha value is -2.91. The van der Waals surface area contributed by atoms with Crippen LogP contribution in [0, 0.1) is 0 Å². The maximum absolute atomic E-state index is 4.40. The summed E-state index contributed by atoms with van der Waals surface area (Å²) in [6.07, 6.45) is 5.06. The number of aromatic amines is 1. The van der Waals surface area contributed by atoms with E-state index in [0.29, 0.717) is 0 Å². The van der Waals surface area contributed by atoms with Gasteiger partial charge in [0.1, 0.15) is 5.65 Å². The highest BCUT2D eigenvalue weighted by Gasteiger charge is 2.18. The topological polar surface area (TPSA) is 31.9 Å². The summed E-state index contributed by atoms with van der Waals surface area (Å²) in [6, 6.07) is 21.7. The quantitative estimate of drug-likeness (QED) is 0.582. The minimum atomic E-state index is 0.959. The molecule has 128 valence electrons. The molecule has 0 unspecified atom stereocenters. The minimum Gasteiger partial charge on any atom is -0.346 e. The van der Waals surface area contributed by atoms with Crippen LogP contribution in [0.1, 0.15) is 16.7 Å². The summed E-state index contributed by atoms with van der Waals surface area (Å²) in [7, 11) is 0. The van der Waals surface area contributed by atoms with E-state index < -0.39 is 0 Å². The lowest BCUT2D eigenvalue weighted by atomic mass is 9.94. The van der Waals surface area contributed by atoms with Gasteiger partial charge in [-0.05, 0) is 52.4 Å². The molecule has 0 bridgehead atoms. The Balaban J connectivity index is 1.40. The SMILES string of the molecule is c1ccc(-c2ccc3c(c2)CN(Cc2c[nH]c4ncccc24)CC3)cc1. The zero-order valence-corrected chi connectivity index (χ0v) is 14.7. The van der Waals surface area contributed by atoms with Crippen LogP contribution in [0.4, 0.5) is 0 Å². The molecular formula is C23H21N3. The van der Waals surface area contributed by atoms with Crippen LogP contribution in [0.25, 0.3) is 22.2 Å². The molecule has 3 heteroatoms. The maximum atomic E-state index is 4.40. The molecule has 2 aromatic carbocycles. The van der Waals surface area contributed by atoms with Crippen LogP contribution in [0.15, 0.2) is 73.1 Å². The number of nitrogens with zero attached hydrogens (tertiary/aromatic N) is 2. The van der Waals surface area contributed by atoms with E-state index in [1.165, 1.54) is 33.2 Å². The molecule has 3 heterocycles. The van der Waals surface area contributed by atoms with Gasteiger partial charge in [-0.15, -0.1) is 0 Å². The normalized spacial score (nSPS) is 14.5. The van der Waals surface area contributed by atoms with E-state index in [2.05, 4.69) is 75.7 Å². The van der Waals surface area contributed by atoms with Gasteiger partial charge in [0.25, 0.3) is 0 Å². The van der Waals surface area contributed by atoms with E-state index in [9.17, 15) is 0 Å². The number of aromatic nitrogens is 2. The van der Waals surface area contributed by atoms with E-state index in [0.717, 1.165) is 31.7 Å². The molecule has 0 saturated heterocycles. The minimum absolute atomic E-state index is 0.959. The predicted octanol–water partition coefficient (Wildman–Crippen LogP) is 4.79. The van der Waals surface area contributed by atoms with Crippen molar-refractivity contribution in [3.05, 3.63) is 89.7 Å². The highest BCUT2D eigenvalue weighted by Crippen LogP contribution is 2.27. The smallest absolute Gasteiger partial charge is 0.137 e. The van der Waals surface area contributed by atoms with Crippen LogP contribution < -0.4 is 0 Å². The van der Waals surface area contributed by atoms with Gasteiger partial charge in [-0.2, -0.15) is 0 Å². The number of hydrogen-bond donors (Lipinski definition) is 1. The van der Waals surface area contributed by atoms with Crippen molar-refractivity contribution < 1.29 is 0 Å². The van der Waals surface area contributed by atoms with Gasteiger partial charge >= 0.3 is 0 Å². The lowest BCUT2D eigenvalue weighted by molar-refractivity contribution is 0.246. The van der Waals surface area contributed by atoms with Gasteiger partial charge in [0.05, 0.1) is 0 Å². The van der Waals surface area contributed by atoms with Crippen molar-refractivity contribution in [2.75, 3.05) is 6.54 Å². The standard InChI is InChI=1S/C23H21N3/c1-2-5-17(6-3-1)19-9-8-18-10-12-26(15-20(18)13-19)16-21-14-25-23-22(21)7-4-11-24-23/h1-9,11,13-14H,10,12,15-16H2,(H,24,25). The van der Waals surface area contributed by atoms with Crippen LogP contribution in [-0.4, -0.2) is 21.4 Å². The van der Waals surface area contributed by atoms with Gasteiger partial charge < -0.3 is 4.98 Å². The second-order valence-corrected chi connectivity index (χ2v) is 7.02. The molecule has 26 heavy (non-hydrogen) atoms. The second-order valence-electron chi connectivity index (χ2n) is 7.02. The van der Waals surface area contributed by atoms with Gasteiger partial charge in [-0.1, -0.05) is 42.5 Å².